The summed E-state index contributed by atoms with van der Waals surface area (Å²) in [4.78, 5) is 1.07. The van der Waals surface area contributed by atoms with Gasteiger partial charge in [0.2, 0.25) is 0 Å². The molecule has 0 radical (unpaired) electrons. The third-order valence-corrected chi connectivity index (χ3v) is 4.19. The lowest BCUT2D eigenvalue weighted by Gasteiger charge is -2.22. The molecule has 0 bridgehead atoms. The maximum Gasteiger partial charge on any atom is 0.107 e. The van der Waals surface area contributed by atoms with Crippen molar-refractivity contribution in [2.24, 2.45) is 5.73 Å². The first-order valence-corrected chi connectivity index (χ1v) is 8.07. The Kier molecular flexibility index (Phi) is 9.42. The molecule has 2 N–H and O–H groups in total. The highest BCUT2D eigenvalue weighted by molar-refractivity contribution is 7.16. The summed E-state index contributed by atoms with van der Waals surface area (Å²) >= 11 is 7.49. The van der Waals surface area contributed by atoms with E-state index in [0.29, 0.717) is 19.8 Å². The van der Waals surface area contributed by atoms with Crippen molar-refractivity contribution in [2.45, 2.75) is 31.9 Å². The molecule has 0 aliphatic rings. The fourth-order valence-corrected chi connectivity index (χ4v) is 2.94. The Hall–Kier alpha value is -0.170. The van der Waals surface area contributed by atoms with Crippen LogP contribution in [0.2, 0.25) is 4.34 Å². The Bertz CT molecular complexity index is 362. The predicted octanol–water partition coefficient (Wildman–Crippen LogP) is 3.25. The molecule has 2 atom stereocenters. The van der Waals surface area contributed by atoms with Crippen molar-refractivity contribution < 1.29 is 14.2 Å². The van der Waals surface area contributed by atoms with Crippen LogP contribution in [0.3, 0.4) is 0 Å². The van der Waals surface area contributed by atoms with Crippen LogP contribution in [0, 0.1) is 0 Å². The van der Waals surface area contributed by atoms with Gasteiger partial charge in [0, 0.05) is 31.2 Å². The average Bonchev–Trinajstić information content (AvgIpc) is 2.87. The van der Waals surface area contributed by atoms with Crippen LogP contribution in [0.5, 0.6) is 0 Å². The molecule has 4 nitrogen and oxygen atoms in total. The van der Waals surface area contributed by atoms with Crippen LogP contribution in [0.15, 0.2) is 12.1 Å². The number of methoxy groups -OCH3 is 1. The van der Waals surface area contributed by atoms with Crippen molar-refractivity contribution in [3.8, 4) is 0 Å². The normalized spacial score (nSPS) is 14.4. The van der Waals surface area contributed by atoms with E-state index in [1.807, 2.05) is 12.1 Å². The van der Waals surface area contributed by atoms with Crippen molar-refractivity contribution in [1.82, 2.24) is 0 Å². The smallest absolute Gasteiger partial charge is 0.107 e. The number of halogens is 1. The van der Waals surface area contributed by atoms with E-state index in [-0.39, 0.29) is 12.1 Å². The van der Waals surface area contributed by atoms with E-state index in [1.165, 1.54) is 11.3 Å². The maximum absolute atomic E-state index is 6.12. The lowest BCUT2D eigenvalue weighted by molar-refractivity contribution is -0.00892. The van der Waals surface area contributed by atoms with E-state index < -0.39 is 0 Å². The number of hydrogen-bond acceptors (Lipinski definition) is 5. The maximum atomic E-state index is 6.12. The molecular formula is C14H24ClNO3S. The second-order valence-electron chi connectivity index (χ2n) is 4.46. The van der Waals surface area contributed by atoms with Gasteiger partial charge in [0.1, 0.15) is 6.10 Å². The van der Waals surface area contributed by atoms with Crippen molar-refractivity contribution >= 4 is 22.9 Å². The Balaban J connectivity index is 2.31. The Labute approximate surface area is 130 Å². The van der Waals surface area contributed by atoms with Gasteiger partial charge in [-0.15, -0.1) is 11.3 Å². The van der Waals surface area contributed by atoms with E-state index >= 15 is 0 Å². The van der Waals surface area contributed by atoms with Crippen LogP contribution in [0.25, 0.3) is 0 Å². The Morgan fingerprint density at radius 2 is 2.05 bits per heavy atom. The summed E-state index contributed by atoms with van der Waals surface area (Å²) in [7, 11) is 1.69. The summed E-state index contributed by atoms with van der Waals surface area (Å²) in [6.07, 6.45) is 1.64. The molecule has 116 valence electrons. The van der Waals surface area contributed by atoms with Gasteiger partial charge in [0.15, 0.2) is 0 Å². The average molecular weight is 322 g/mol. The molecule has 0 aliphatic heterocycles. The second kappa shape index (κ2) is 10.5. The fraction of sp³-hybridized carbons (Fsp3) is 0.714. The zero-order valence-corrected chi connectivity index (χ0v) is 13.7. The van der Waals surface area contributed by atoms with E-state index in [1.54, 1.807) is 7.11 Å². The highest BCUT2D eigenvalue weighted by Crippen LogP contribution is 2.31. The fourth-order valence-electron chi connectivity index (χ4n) is 1.75. The molecule has 0 aromatic carbocycles. The number of nitrogens with two attached hydrogens (primary N) is 1. The molecule has 0 spiro atoms. The Morgan fingerprint density at radius 1 is 1.25 bits per heavy atom. The van der Waals surface area contributed by atoms with Gasteiger partial charge in [0.05, 0.1) is 17.6 Å². The van der Waals surface area contributed by atoms with Gasteiger partial charge in [-0.1, -0.05) is 18.5 Å². The molecule has 2 unspecified atom stereocenters. The molecule has 6 heteroatoms. The lowest BCUT2D eigenvalue weighted by atomic mass is 10.1. The molecule has 0 saturated heterocycles. The van der Waals surface area contributed by atoms with E-state index in [4.69, 9.17) is 31.5 Å². The van der Waals surface area contributed by atoms with Crippen LogP contribution >= 0.6 is 22.9 Å². The highest BCUT2D eigenvalue weighted by Gasteiger charge is 2.20. The number of hydrogen-bond donors (Lipinski definition) is 1. The van der Waals surface area contributed by atoms with Gasteiger partial charge in [-0.2, -0.15) is 0 Å². The first kappa shape index (κ1) is 17.9. The summed E-state index contributed by atoms with van der Waals surface area (Å²) < 4.78 is 17.1. The molecule has 1 aromatic rings. The first-order valence-electron chi connectivity index (χ1n) is 6.88. The van der Waals surface area contributed by atoms with E-state index in [2.05, 4.69) is 6.92 Å². The topological polar surface area (TPSA) is 53.7 Å². The summed E-state index contributed by atoms with van der Waals surface area (Å²) in [6.45, 7) is 4.55. The third kappa shape index (κ3) is 6.52. The van der Waals surface area contributed by atoms with Crippen LogP contribution in [-0.4, -0.2) is 39.6 Å². The zero-order valence-electron chi connectivity index (χ0n) is 12.1. The largest absolute Gasteiger partial charge is 0.385 e. The molecule has 1 heterocycles. The number of ether oxygens (including phenoxy) is 3. The summed E-state index contributed by atoms with van der Waals surface area (Å²) in [5.74, 6) is 0. The Morgan fingerprint density at radius 3 is 2.65 bits per heavy atom. The SMILES string of the molecule is CCC(N)C(OCCOCCCOC)c1ccc(Cl)s1. The van der Waals surface area contributed by atoms with Gasteiger partial charge in [-0.05, 0) is 25.0 Å². The zero-order chi connectivity index (χ0) is 14.8. The van der Waals surface area contributed by atoms with Gasteiger partial charge < -0.3 is 19.9 Å². The minimum absolute atomic E-state index is 0.0294. The monoisotopic (exact) mass is 321 g/mol. The van der Waals surface area contributed by atoms with E-state index in [0.717, 1.165) is 28.7 Å². The van der Waals surface area contributed by atoms with Gasteiger partial charge in [-0.3, -0.25) is 0 Å². The van der Waals surface area contributed by atoms with Crippen molar-refractivity contribution in [3.63, 3.8) is 0 Å². The minimum atomic E-state index is -0.111. The van der Waals surface area contributed by atoms with Gasteiger partial charge in [0.25, 0.3) is 0 Å². The molecule has 0 fully saturated rings. The molecule has 1 aromatic heterocycles. The lowest BCUT2D eigenvalue weighted by Crippen LogP contribution is -2.29. The molecule has 0 aliphatic carbocycles. The van der Waals surface area contributed by atoms with Crippen LogP contribution < -0.4 is 5.73 Å². The first-order chi connectivity index (χ1) is 9.69. The predicted molar refractivity (Wildman–Crippen MR) is 83.6 cm³/mol. The van der Waals surface area contributed by atoms with Gasteiger partial charge in [-0.25, -0.2) is 0 Å². The molecule has 0 amide bonds. The minimum Gasteiger partial charge on any atom is -0.385 e. The second-order valence-corrected chi connectivity index (χ2v) is 6.21. The summed E-state index contributed by atoms with van der Waals surface area (Å²) in [6, 6.07) is 3.83. The van der Waals surface area contributed by atoms with E-state index in [9.17, 15) is 0 Å². The standard InChI is InChI=1S/C14H24ClNO3S/c1-3-11(16)14(12-5-6-13(15)20-12)19-10-9-18-8-4-7-17-2/h5-6,11,14H,3-4,7-10,16H2,1-2H3. The van der Waals surface area contributed by atoms with Crippen LogP contribution in [-0.2, 0) is 14.2 Å². The molecule has 0 saturated carbocycles. The third-order valence-electron chi connectivity index (χ3n) is 2.90. The quantitative estimate of drug-likeness (QED) is 0.636. The van der Waals surface area contributed by atoms with Crippen molar-refractivity contribution in [3.05, 3.63) is 21.3 Å². The van der Waals surface area contributed by atoms with Crippen LogP contribution in [0.4, 0.5) is 0 Å². The highest BCUT2D eigenvalue weighted by atomic mass is 35.5. The van der Waals surface area contributed by atoms with Gasteiger partial charge >= 0.3 is 0 Å². The summed E-state index contributed by atoms with van der Waals surface area (Å²) in [5, 5.41) is 0. The number of thiophene rings is 1. The molecule has 20 heavy (non-hydrogen) atoms. The van der Waals surface area contributed by atoms with Crippen LogP contribution in [0.1, 0.15) is 30.7 Å². The number of rotatable bonds is 11. The molecule has 1 rings (SSSR count). The van der Waals surface area contributed by atoms with Crippen molar-refractivity contribution in [1.29, 1.82) is 0 Å². The molecular weight excluding hydrogens is 298 g/mol. The summed E-state index contributed by atoms with van der Waals surface area (Å²) in [5.41, 5.74) is 6.12. The van der Waals surface area contributed by atoms with Crippen molar-refractivity contribution in [2.75, 3.05) is 33.5 Å².